The van der Waals surface area contributed by atoms with Crippen LogP contribution in [0.25, 0.3) is 10.2 Å². The summed E-state index contributed by atoms with van der Waals surface area (Å²) < 4.78 is 0.984. The maximum atomic E-state index is 11.9. The van der Waals surface area contributed by atoms with Gasteiger partial charge in [-0.3, -0.25) is 4.79 Å². The maximum Gasteiger partial charge on any atom is 0.243 e. The minimum absolute atomic E-state index is 0.00217. The van der Waals surface area contributed by atoms with Gasteiger partial charge in [-0.05, 0) is 37.6 Å². The van der Waals surface area contributed by atoms with Crippen molar-refractivity contribution in [2.24, 2.45) is 0 Å². The molecule has 1 unspecified atom stereocenters. The summed E-state index contributed by atoms with van der Waals surface area (Å²) in [4.78, 5) is 16.3. The number of halogens is 1. The molecule has 1 amide bonds. The molecule has 3 rings (SSSR count). The molecule has 94 valence electrons. The van der Waals surface area contributed by atoms with E-state index in [0.717, 1.165) is 29.6 Å². The predicted octanol–water partition coefficient (Wildman–Crippen LogP) is 2.64. The Morgan fingerprint density at radius 2 is 2.44 bits per heavy atom. The van der Waals surface area contributed by atoms with E-state index in [4.69, 9.17) is 11.6 Å². The summed E-state index contributed by atoms with van der Waals surface area (Å²) in [6.45, 7) is 0.910. The van der Waals surface area contributed by atoms with E-state index in [2.05, 4.69) is 15.6 Å². The molecule has 1 aliphatic rings. The van der Waals surface area contributed by atoms with Gasteiger partial charge in [-0.1, -0.05) is 22.9 Å². The number of nitrogens with one attached hydrogen (secondary N) is 2. The molecule has 2 aromatic rings. The summed E-state index contributed by atoms with van der Waals surface area (Å²) in [5, 5.41) is 7.33. The van der Waals surface area contributed by atoms with E-state index < -0.39 is 0 Å². The lowest BCUT2D eigenvalue weighted by molar-refractivity contribution is -0.117. The third kappa shape index (κ3) is 2.34. The Morgan fingerprint density at radius 3 is 3.22 bits per heavy atom. The van der Waals surface area contributed by atoms with Crippen molar-refractivity contribution in [3.63, 3.8) is 0 Å². The Bertz CT molecular complexity index is 592. The number of aromatic nitrogens is 1. The predicted molar refractivity (Wildman–Crippen MR) is 74.3 cm³/mol. The highest BCUT2D eigenvalue weighted by Crippen LogP contribution is 2.28. The third-order valence-electron chi connectivity index (χ3n) is 2.96. The number of carbonyl (C=O) groups excluding carboxylic acids is 1. The molecule has 6 heteroatoms. The van der Waals surface area contributed by atoms with Gasteiger partial charge in [-0.25, -0.2) is 4.98 Å². The highest BCUT2D eigenvalue weighted by atomic mass is 35.5. The van der Waals surface area contributed by atoms with Gasteiger partial charge in [0.1, 0.15) is 0 Å². The Labute approximate surface area is 113 Å². The minimum Gasteiger partial charge on any atom is -0.306 e. The normalized spacial score (nSPS) is 19.3. The first-order valence-corrected chi connectivity index (χ1v) is 7.02. The molecule has 4 nitrogen and oxygen atoms in total. The fourth-order valence-electron chi connectivity index (χ4n) is 2.05. The average molecular weight is 282 g/mol. The van der Waals surface area contributed by atoms with Crippen LogP contribution in [0.3, 0.4) is 0 Å². The zero-order chi connectivity index (χ0) is 12.5. The molecule has 2 N–H and O–H groups in total. The first kappa shape index (κ1) is 11.9. The van der Waals surface area contributed by atoms with Crippen molar-refractivity contribution in [3.05, 3.63) is 23.2 Å². The van der Waals surface area contributed by atoms with Gasteiger partial charge in [-0.15, -0.1) is 0 Å². The molecule has 1 saturated heterocycles. The molecule has 1 aromatic heterocycles. The molecule has 18 heavy (non-hydrogen) atoms. The van der Waals surface area contributed by atoms with E-state index in [1.807, 2.05) is 12.1 Å². The second-order valence-electron chi connectivity index (χ2n) is 4.27. The van der Waals surface area contributed by atoms with Crippen LogP contribution >= 0.6 is 22.9 Å². The van der Waals surface area contributed by atoms with Crippen LogP contribution in [0.2, 0.25) is 5.02 Å². The van der Waals surface area contributed by atoms with Gasteiger partial charge in [0.25, 0.3) is 0 Å². The number of thiazole rings is 1. The zero-order valence-electron chi connectivity index (χ0n) is 9.57. The van der Waals surface area contributed by atoms with Crippen molar-refractivity contribution in [3.8, 4) is 0 Å². The topological polar surface area (TPSA) is 54.0 Å². The molecule has 1 fully saturated rings. The number of carbonyl (C=O) groups is 1. The maximum absolute atomic E-state index is 11.9. The number of benzene rings is 1. The molecule has 1 aliphatic heterocycles. The number of rotatable bonds is 2. The fourth-order valence-corrected chi connectivity index (χ4v) is 3.20. The second kappa shape index (κ2) is 4.84. The first-order chi connectivity index (χ1) is 8.72. The SMILES string of the molecule is O=C(Nc1nc2ccc(Cl)cc2s1)C1CCCN1. The molecule has 2 heterocycles. The number of anilines is 1. The molecule has 1 aromatic carbocycles. The Balaban J connectivity index is 1.79. The van der Waals surface area contributed by atoms with Gasteiger partial charge in [-0.2, -0.15) is 0 Å². The Morgan fingerprint density at radius 1 is 1.56 bits per heavy atom. The number of amides is 1. The highest BCUT2D eigenvalue weighted by molar-refractivity contribution is 7.22. The molecule has 0 radical (unpaired) electrons. The summed E-state index contributed by atoms with van der Waals surface area (Å²) in [7, 11) is 0. The van der Waals surface area contributed by atoms with Crippen LogP contribution in [0.4, 0.5) is 5.13 Å². The zero-order valence-corrected chi connectivity index (χ0v) is 11.1. The van der Waals surface area contributed by atoms with Crippen molar-refractivity contribution in [2.75, 3.05) is 11.9 Å². The molecular formula is C12H12ClN3OS. The van der Waals surface area contributed by atoms with E-state index >= 15 is 0 Å². The van der Waals surface area contributed by atoms with Crippen molar-refractivity contribution in [1.82, 2.24) is 10.3 Å². The third-order valence-corrected chi connectivity index (χ3v) is 4.13. The Hall–Kier alpha value is -1.17. The van der Waals surface area contributed by atoms with Gasteiger partial charge >= 0.3 is 0 Å². The van der Waals surface area contributed by atoms with Crippen LogP contribution in [-0.2, 0) is 4.79 Å². The molecular weight excluding hydrogens is 270 g/mol. The van der Waals surface area contributed by atoms with Crippen molar-refractivity contribution in [1.29, 1.82) is 0 Å². The van der Waals surface area contributed by atoms with Crippen LogP contribution in [-0.4, -0.2) is 23.5 Å². The average Bonchev–Trinajstić information content (AvgIpc) is 2.95. The molecule has 0 aliphatic carbocycles. The summed E-state index contributed by atoms with van der Waals surface area (Å²) in [5.41, 5.74) is 0.860. The van der Waals surface area contributed by atoms with E-state index in [0.29, 0.717) is 10.2 Å². The van der Waals surface area contributed by atoms with Gasteiger partial charge in [0.2, 0.25) is 5.91 Å². The summed E-state index contributed by atoms with van der Waals surface area (Å²) in [6.07, 6.45) is 1.94. The van der Waals surface area contributed by atoms with Crippen molar-refractivity contribution in [2.45, 2.75) is 18.9 Å². The van der Waals surface area contributed by atoms with Crippen LogP contribution in [0, 0.1) is 0 Å². The van der Waals surface area contributed by atoms with Gasteiger partial charge in [0.05, 0.1) is 16.3 Å². The quantitative estimate of drug-likeness (QED) is 0.890. The summed E-state index contributed by atoms with van der Waals surface area (Å²) in [5.74, 6) is -0.00217. The van der Waals surface area contributed by atoms with Gasteiger partial charge < -0.3 is 10.6 Å². The smallest absolute Gasteiger partial charge is 0.243 e. The van der Waals surface area contributed by atoms with Crippen LogP contribution in [0.15, 0.2) is 18.2 Å². The number of nitrogens with zero attached hydrogens (tertiary/aromatic N) is 1. The highest BCUT2D eigenvalue weighted by Gasteiger charge is 2.22. The number of hydrogen-bond donors (Lipinski definition) is 2. The molecule has 0 saturated carbocycles. The van der Waals surface area contributed by atoms with Crippen molar-refractivity contribution >= 4 is 44.2 Å². The van der Waals surface area contributed by atoms with Crippen molar-refractivity contribution < 1.29 is 4.79 Å². The van der Waals surface area contributed by atoms with E-state index in [9.17, 15) is 4.79 Å². The molecule has 1 atom stereocenters. The lowest BCUT2D eigenvalue weighted by Gasteiger charge is -2.08. The van der Waals surface area contributed by atoms with E-state index in [1.165, 1.54) is 11.3 Å². The second-order valence-corrected chi connectivity index (χ2v) is 5.74. The summed E-state index contributed by atoms with van der Waals surface area (Å²) in [6, 6.07) is 5.43. The number of hydrogen-bond acceptors (Lipinski definition) is 4. The summed E-state index contributed by atoms with van der Waals surface area (Å²) >= 11 is 7.36. The van der Waals surface area contributed by atoms with E-state index in [1.54, 1.807) is 6.07 Å². The van der Waals surface area contributed by atoms with Gasteiger partial charge in [0.15, 0.2) is 5.13 Å². The molecule has 0 spiro atoms. The monoisotopic (exact) mass is 281 g/mol. The van der Waals surface area contributed by atoms with Gasteiger partial charge in [0, 0.05) is 5.02 Å². The van der Waals surface area contributed by atoms with Crippen LogP contribution in [0.5, 0.6) is 0 Å². The minimum atomic E-state index is -0.0828. The fraction of sp³-hybridized carbons (Fsp3) is 0.333. The lowest BCUT2D eigenvalue weighted by atomic mass is 10.2. The van der Waals surface area contributed by atoms with Crippen LogP contribution < -0.4 is 10.6 Å². The lowest BCUT2D eigenvalue weighted by Crippen LogP contribution is -2.35. The largest absolute Gasteiger partial charge is 0.306 e. The van der Waals surface area contributed by atoms with Crippen LogP contribution in [0.1, 0.15) is 12.8 Å². The standard InChI is InChI=1S/C12H12ClN3OS/c13-7-3-4-8-10(6-7)18-12(15-8)16-11(17)9-2-1-5-14-9/h3-4,6,9,14H,1-2,5H2,(H,15,16,17). The molecule has 0 bridgehead atoms. The van der Waals surface area contributed by atoms with E-state index in [-0.39, 0.29) is 11.9 Å². The number of fused-ring (bicyclic) bond motifs is 1. The Kier molecular flexibility index (Phi) is 3.20. The first-order valence-electron chi connectivity index (χ1n) is 5.83.